The summed E-state index contributed by atoms with van der Waals surface area (Å²) in [6.45, 7) is 1.70. The third-order valence-corrected chi connectivity index (χ3v) is 6.76. The summed E-state index contributed by atoms with van der Waals surface area (Å²) < 4.78 is 5.72. The lowest BCUT2D eigenvalue weighted by Crippen LogP contribution is -1.98. The van der Waals surface area contributed by atoms with Gasteiger partial charge in [-0.25, -0.2) is 0 Å². The van der Waals surface area contributed by atoms with E-state index >= 15 is 0 Å². The van der Waals surface area contributed by atoms with Gasteiger partial charge in [-0.2, -0.15) is 0 Å². The molecule has 0 aliphatic rings. The molecule has 2 aromatic rings. The molecule has 0 bridgehead atoms. The van der Waals surface area contributed by atoms with Crippen molar-refractivity contribution in [3.05, 3.63) is 58.6 Å². The van der Waals surface area contributed by atoms with E-state index in [2.05, 4.69) is 12.1 Å². The van der Waals surface area contributed by atoms with E-state index in [1.807, 2.05) is 59.9 Å². The van der Waals surface area contributed by atoms with Crippen LogP contribution in [0.15, 0.2) is 58.3 Å². The van der Waals surface area contributed by atoms with Crippen LogP contribution >= 0.6 is 46.7 Å². The van der Waals surface area contributed by atoms with Crippen molar-refractivity contribution in [1.29, 1.82) is 0 Å². The molecule has 0 fully saturated rings. The van der Waals surface area contributed by atoms with Gasteiger partial charge in [-0.1, -0.05) is 47.5 Å². The van der Waals surface area contributed by atoms with Gasteiger partial charge in [0.2, 0.25) is 0 Å². The van der Waals surface area contributed by atoms with E-state index in [1.54, 1.807) is 0 Å². The van der Waals surface area contributed by atoms with Crippen LogP contribution in [0.3, 0.4) is 0 Å². The molecule has 2 rings (SSSR count). The van der Waals surface area contributed by atoms with Gasteiger partial charge in [0, 0.05) is 23.0 Å². The summed E-state index contributed by atoms with van der Waals surface area (Å²) in [5.41, 5.74) is 0. The zero-order chi connectivity index (χ0) is 17.7. The van der Waals surface area contributed by atoms with E-state index in [0.717, 1.165) is 60.4 Å². The van der Waals surface area contributed by atoms with Crippen LogP contribution < -0.4 is 0 Å². The number of unbranched alkanes of at least 4 members (excludes halogenated alkanes) is 2. The molecule has 0 aliphatic carbocycles. The molecule has 2 aromatic carbocycles. The predicted octanol–water partition coefficient (Wildman–Crippen LogP) is 7.45. The van der Waals surface area contributed by atoms with Gasteiger partial charge >= 0.3 is 0 Å². The zero-order valence-corrected chi connectivity index (χ0v) is 17.4. The zero-order valence-electron chi connectivity index (χ0n) is 14.3. The Morgan fingerprint density at radius 2 is 1.08 bits per heavy atom. The van der Waals surface area contributed by atoms with Gasteiger partial charge < -0.3 is 4.74 Å². The van der Waals surface area contributed by atoms with Gasteiger partial charge in [0.1, 0.15) is 0 Å². The molecule has 0 aromatic heterocycles. The van der Waals surface area contributed by atoms with Crippen LogP contribution in [0.1, 0.15) is 25.7 Å². The smallest absolute Gasteiger partial charge is 0.0541 e. The van der Waals surface area contributed by atoms with Crippen molar-refractivity contribution in [2.24, 2.45) is 0 Å². The third-order valence-electron chi connectivity index (χ3n) is 3.55. The molecule has 136 valence electrons. The summed E-state index contributed by atoms with van der Waals surface area (Å²) >= 11 is 15.9. The number of thioether (sulfide) groups is 2. The van der Waals surface area contributed by atoms with Crippen LogP contribution in [-0.4, -0.2) is 24.7 Å². The second-order valence-electron chi connectivity index (χ2n) is 5.58. The fraction of sp³-hybridized carbons (Fsp3) is 0.400. The fourth-order valence-electron chi connectivity index (χ4n) is 2.20. The average Bonchev–Trinajstić information content (AvgIpc) is 2.62. The molecule has 0 atom stereocenters. The van der Waals surface area contributed by atoms with E-state index in [4.69, 9.17) is 27.9 Å². The van der Waals surface area contributed by atoms with Gasteiger partial charge in [0.25, 0.3) is 0 Å². The summed E-state index contributed by atoms with van der Waals surface area (Å²) in [5.74, 6) is 2.17. The van der Waals surface area contributed by atoms with Crippen molar-refractivity contribution in [3.63, 3.8) is 0 Å². The topological polar surface area (TPSA) is 9.23 Å². The van der Waals surface area contributed by atoms with Gasteiger partial charge in [-0.15, -0.1) is 23.5 Å². The largest absolute Gasteiger partial charge is 0.381 e. The van der Waals surface area contributed by atoms with E-state index in [-0.39, 0.29) is 0 Å². The molecule has 1 nitrogen and oxygen atoms in total. The highest BCUT2D eigenvalue weighted by Crippen LogP contribution is 2.28. The Bertz CT molecular complexity index is 569. The minimum Gasteiger partial charge on any atom is -0.381 e. The quantitative estimate of drug-likeness (QED) is 0.263. The van der Waals surface area contributed by atoms with Crippen molar-refractivity contribution in [2.45, 2.75) is 35.5 Å². The van der Waals surface area contributed by atoms with Crippen LogP contribution in [0.4, 0.5) is 0 Å². The van der Waals surface area contributed by atoms with Gasteiger partial charge in [0.15, 0.2) is 0 Å². The molecular formula is C20H24Cl2OS2. The molecule has 0 N–H and O–H groups in total. The van der Waals surface area contributed by atoms with E-state index in [1.165, 1.54) is 9.79 Å². The summed E-state index contributed by atoms with van der Waals surface area (Å²) in [6, 6.07) is 16.0. The van der Waals surface area contributed by atoms with Crippen molar-refractivity contribution >= 4 is 46.7 Å². The summed E-state index contributed by atoms with van der Waals surface area (Å²) in [7, 11) is 0. The van der Waals surface area contributed by atoms with Gasteiger partial charge in [-0.3, -0.25) is 0 Å². The van der Waals surface area contributed by atoms with E-state index in [9.17, 15) is 0 Å². The highest BCUT2D eigenvalue weighted by molar-refractivity contribution is 7.99. The standard InChI is InChI=1S/C20H24Cl2OS2/c21-17-9-1-3-11-19(17)24-15-7-5-13-23-14-6-8-16-25-20-12-4-2-10-18(20)22/h1-4,9-12H,5-8,13-16H2. The fourth-order valence-corrected chi connectivity index (χ4v) is 4.70. The molecule has 25 heavy (non-hydrogen) atoms. The predicted molar refractivity (Wildman–Crippen MR) is 114 cm³/mol. The molecule has 0 aliphatic heterocycles. The molecular weight excluding hydrogens is 391 g/mol. The second-order valence-corrected chi connectivity index (χ2v) is 8.67. The lowest BCUT2D eigenvalue weighted by atomic mass is 10.3. The molecule has 5 heteroatoms. The minimum absolute atomic E-state index is 0.846. The first-order valence-electron chi connectivity index (χ1n) is 8.60. The Hall–Kier alpha value is -0.320. The molecule has 0 spiro atoms. The maximum absolute atomic E-state index is 6.14. The summed E-state index contributed by atoms with van der Waals surface area (Å²) in [6.07, 6.45) is 4.51. The van der Waals surface area contributed by atoms with Crippen molar-refractivity contribution < 1.29 is 4.74 Å². The van der Waals surface area contributed by atoms with Crippen molar-refractivity contribution in [1.82, 2.24) is 0 Å². The van der Waals surface area contributed by atoms with Gasteiger partial charge in [-0.05, 0) is 61.5 Å². The van der Waals surface area contributed by atoms with Gasteiger partial charge in [0.05, 0.1) is 10.0 Å². The molecule has 0 unspecified atom stereocenters. The maximum Gasteiger partial charge on any atom is 0.0541 e. The first-order chi connectivity index (χ1) is 12.3. The molecule has 0 saturated heterocycles. The first kappa shape index (κ1) is 21.0. The highest BCUT2D eigenvalue weighted by Gasteiger charge is 2.00. The molecule has 0 amide bonds. The Morgan fingerprint density at radius 1 is 0.640 bits per heavy atom. The summed E-state index contributed by atoms with van der Waals surface area (Å²) in [4.78, 5) is 2.34. The van der Waals surface area contributed by atoms with Crippen LogP contribution in [0, 0.1) is 0 Å². The Balaban J connectivity index is 1.40. The minimum atomic E-state index is 0.846. The second kappa shape index (κ2) is 12.9. The number of rotatable bonds is 12. The van der Waals surface area contributed by atoms with Crippen LogP contribution in [0.25, 0.3) is 0 Å². The monoisotopic (exact) mass is 414 g/mol. The highest BCUT2D eigenvalue weighted by atomic mass is 35.5. The maximum atomic E-state index is 6.14. The number of hydrogen-bond acceptors (Lipinski definition) is 3. The number of halogens is 2. The van der Waals surface area contributed by atoms with Crippen molar-refractivity contribution in [2.75, 3.05) is 24.7 Å². The third kappa shape index (κ3) is 8.74. The number of benzene rings is 2. The first-order valence-corrected chi connectivity index (χ1v) is 11.3. The Morgan fingerprint density at radius 3 is 1.52 bits per heavy atom. The average molecular weight is 415 g/mol. The normalized spacial score (nSPS) is 11.0. The number of hydrogen-bond donors (Lipinski definition) is 0. The Kier molecular flexibility index (Phi) is 10.9. The SMILES string of the molecule is Clc1ccccc1SCCCCOCCCCSc1ccccc1Cl. The van der Waals surface area contributed by atoms with E-state index in [0.29, 0.717) is 0 Å². The van der Waals surface area contributed by atoms with Crippen LogP contribution in [0.5, 0.6) is 0 Å². The molecule has 0 radical (unpaired) electrons. The molecule has 0 heterocycles. The van der Waals surface area contributed by atoms with Crippen LogP contribution in [-0.2, 0) is 4.74 Å². The Labute approximate surface area is 169 Å². The number of ether oxygens (including phenoxy) is 1. The van der Waals surface area contributed by atoms with Crippen molar-refractivity contribution in [3.8, 4) is 0 Å². The summed E-state index contributed by atoms with van der Waals surface area (Å²) in [5, 5.41) is 1.69. The lowest BCUT2D eigenvalue weighted by Gasteiger charge is -2.06. The van der Waals surface area contributed by atoms with Crippen LogP contribution in [0.2, 0.25) is 10.0 Å². The lowest BCUT2D eigenvalue weighted by molar-refractivity contribution is 0.129. The van der Waals surface area contributed by atoms with E-state index < -0.39 is 0 Å². The molecule has 0 saturated carbocycles.